The van der Waals surface area contributed by atoms with Crippen LogP contribution in [-0.4, -0.2) is 26.6 Å². The van der Waals surface area contributed by atoms with Gasteiger partial charge in [0.25, 0.3) is 0 Å². The van der Waals surface area contributed by atoms with Gasteiger partial charge in [-0.25, -0.2) is 13.1 Å². The van der Waals surface area contributed by atoms with Gasteiger partial charge < -0.3 is 0 Å². The number of hydrogen-bond acceptors (Lipinski definition) is 3. The number of sulfonamides is 1. The number of guanidine groups is 1. The third kappa shape index (κ3) is 4.63. The molecule has 0 aliphatic rings. The van der Waals surface area contributed by atoms with Gasteiger partial charge >= 0.3 is 5.96 Å². The molecule has 0 spiro atoms. The van der Waals surface area contributed by atoms with Crippen molar-refractivity contribution in [2.75, 3.05) is 6.54 Å². The van der Waals surface area contributed by atoms with Crippen molar-refractivity contribution in [3.63, 3.8) is 0 Å². The molecule has 8 heteroatoms. The Morgan fingerprint density at radius 2 is 1.90 bits per heavy atom. The number of nitrogens with one attached hydrogen (secondary N) is 2. The zero-order chi connectivity index (χ0) is 15.2. The predicted molar refractivity (Wildman–Crippen MR) is 78.5 cm³/mol. The van der Waals surface area contributed by atoms with E-state index in [1.54, 1.807) is 19.1 Å². The molecule has 7 nitrogen and oxygen atoms in total. The summed E-state index contributed by atoms with van der Waals surface area (Å²) in [6.45, 7) is 4.08. The van der Waals surface area contributed by atoms with E-state index in [0.29, 0.717) is 12.3 Å². The molecule has 0 atom stereocenters. The zero-order valence-electron chi connectivity index (χ0n) is 11.6. The molecule has 0 aromatic heterocycles. The van der Waals surface area contributed by atoms with Gasteiger partial charge in [-0.05, 0) is 31.0 Å². The average molecular weight is 298 g/mol. The highest BCUT2D eigenvalue weighted by atomic mass is 32.2. The zero-order valence-corrected chi connectivity index (χ0v) is 12.4. The molecule has 1 aromatic rings. The van der Waals surface area contributed by atoms with Crippen molar-refractivity contribution in [3.8, 4) is 0 Å². The van der Waals surface area contributed by atoms with Crippen molar-refractivity contribution in [1.82, 2.24) is 4.72 Å². The SMILES string of the molecule is CCCNS(=O)(=O)c1ccc(/C(C)=N\[NH+]=C(N)N)cc1. The Morgan fingerprint density at radius 3 is 2.40 bits per heavy atom. The van der Waals surface area contributed by atoms with E-state index in [1.807, 2.05) is 6.92 Å². The van der Waals surface area contributed by atoms with E-state index in [4.69, 9.17) is 11.5 Å². The summed E-state index contributed by atoms with van der Waals surface area (Å²) in [6.07, 6.45) is 0.742. The molecule has 20 heavy (non-hydrogen) atoms. The molecule has 0 saturated carbocycles. The Labute approximate surface area is 118 Å². The van der Waals surface area contributed by atoms with E-state index in [0.717, 1.165) is 12.0 Å². The van der Waals surface area contributed by atoms with E-state index in [9.17, 15) is 8.42 Å². The van der Waals surface area contributed by atoms with Crippen molar-refractivity contribution in [2.24, 2.45) is 16.6 Å². The average Bonchev–Trinajstić information content (AvgIpc) is 2.42. The number of rotatable bonds is 6. The fourth-order valence-electron chi connectivity index (χ4n) is 1.41. The van der Waals surface area contributed by atoms with Crippen LogP contribution in [0.2, 0.25) is 0 Å². The van der Waals surface area contributed by atoms with Gasteiger partial charge in [-0.1, -0.05) is 19.1 Å². The Kier molecular flexibility index (Phi) is 5.66. The van der Waals surface area contributed by atoms with Crippen LogP contribution in [0.15, 0.2) is 34.3 Å². The number of nitrogens with zero attached hydrogens (tertiary/aromatic N) is 1. The van der Waals surface area contributed by atoms with Crippen LogP contribution in [0, 0.1) is 0 Å². The quantitative estimate of drug-likeness (QED) is 0.288. The van der Waals surface area contributed by atoms with Crippen LogP contribution in [0.4, 0.5) is 0 Å². The molecule has 0 fully saturated rings. The van der Waals surface area contributed by atoms with Gasteiger partial charge in [-0.3, -0.25) is 11.5 Å². The van der Waals surface area contributed by atoms with Gasteiger partial charge in [0.05, 0.1) is 10.6 Å². The summed E-state index contributed by atoms with van der Waals surface area (Å²) in [5.74, 6) is -0.00712. The maximum Gasteiger partial charge on any atom is 0.362 e. The molecule has 0 bridgehead atoms. The Hall–Kier alpha value is -1.93. The molecule has 0 saturated heterocycles. The standard InChI is InChI=1S/C12H19N5O2S/c1-3-8-15-20(18,19)11-6-4-10(5-7-11)9(2)16-17-12(13)14/h4-7,15H,3,8H2,1-2H3,(H4,13,14,17)/p+1/b16-9-. The summed E-state index contributed by atoms with van der Waals surface area (Å²) in [6, 6.07) is 6.41. The molecule has 6 N–H and O–H groups in total. The molecule has 1 rings (SSSR count). The molecule has 0 aliphatic heterocycles. The lowest BCUT2D eigenvalue weighted by Gasteiger charge is -2.06. The Balaban J connectivity index is 2.94. The van der Waals surface area contributed by atoms with Crippen molar-refractivity contribution >= 4 is 21.7 Å². The molecular formula is C12H20N5O2S+. The van der Waals surface area contributed by atoms with Gasteiger partial charge in [0.1, 0.15) is 0 Å². The summed E-state index contributed by atoms with van der Waals surface area (Å²) in [5, 5.41) is 6.40. The number of nitrogens with two attached hydrogens (primary N) is 2. The van der Waals surface area contributed by atoms with Gasteiger partial charge in [0, 0.05) is 6.54 Å². The lowest BCUT2D eigenvalue weighted by atomic mass is 10.1. The molecule has 0 amide bonds. The highest BCUT2D eigenvalue weighted by molar-refractivity contribution is 7.89. The fraction of sp³-hybridized carbons (Fsp3) is 0.333. The minimum Gasteiger partial charge on any atom is -0.289 e. The molecule has 1 aromatic carbocycles. The van der Waals surface area contributed by atoms with Crippen LogP contribution in [0.3, 0.4) is 0 Å². The maximum absolute atomic E-state index is 11.9. The lowest BCUT2D eigenvalue weighted by Crippen LogP contribution is -2.72. The van der Waals surface area contributed by atoms with Gasteiger partial charge in [0.2, 0.25) is 10.0 Å². The highest BCUT2D eigenvalue weighted by Crippen LogP contribution is 2.11. The molecule has 0 aliphatic carbocycles. The molecule has 0 unspecified atom stereocenters. The maximum atomic E-state index is 11.9. The van der Waals surface area contributed by atoms with Crippen molar-refractivity contribution < 1.29 is 13.5 Å². The second-order valence-electron chi connectivity index (χ2n) is 4.19. The third-order valence-corrected chi connectivity index (χ3v) is 3.95. The minimum absolute atomic E-state index is 0.00712. The normalized spacial score (nSPS) is 12.2. The summed E-state index contributed by atoms with van der Waals surface area (Å²) < 4.78 is 26.3. The first-order valence-electron chi connectivity index (χ1n) is 6.15. The topological polar surface area (TPSA) is 125 Å². The van der Waals surface area contributed by atoms with Crippen LogP contribution in [0.1, 0.15) is 25.8 Å². The fourth-order valence-corrected chi connectivity index (χ4v) is 2.54. The smallest absolute Gasteiger partial charge is 0.289 e. The minimum atomic E-state index is -3.44. The van der Waals surface area contributed by atoms with Crippen LogP contribution >= 0.6 is 0 Å². The third-order valence-electron chi connectivity index (χ3n) is 2.48. The largest absolute Gasteiger partial charge is 0.362 e. The first kappa shape index (κ1) is 16.1. The second-order valence-corrected chi connectivity index (χ2v) is 5.95. The van der Waals surface area contributed by atoms with Crippen molar-refractivity contribution in [2.45, 2.75) is 25.2 Å². The summed E-state index contributed by atoms with van der Waals surface area (Å²) in [5.41, 5.74) is 11.9. The van der Waals surface area contributed by atoms with Crippen LogP contribution in [0.25, 0.3) is 0 Å². The monoisotopic (exact) mass is 298 g/mol. The Morgan fingerprint density at radius 1 is 1.30 bits per heavy atom. The molecule has 110 valence electrons. The molecule has 0 heterocycles. The number of hydrogen-bond donors (Lipinski definition) is 4. The van der Waals surface area contributed by atoms with E-state index >= 15 is 0 Å². The van der Waals surface area contributed by atoms with Gasteiger partial charge in [-0.15, -0.1) is 5.10 Å². The molecule has 0 radical (unpaired) electrons. The van der Waals surface area contributed by atoms with E-state index in [1.165, 1.54) is 12.1 Å². The lowest BCUT2D eigenvalue weighted by molar-refractivity contribution is -0.464. The Bertz CT molecular complexity index is 601. The number of benzene rings is 1. The first-order chi connectivity index (χ1) is 9.36. The summed E-state index contributed by atoms with van der Waals surface area (Å²) in [4.78, 5) is 0.223. The van der Waals surface area contributed by atoms with Crippen LogP contribution in [-0.2, 0) is 10.0 Å². The van der Waals surface area contributed by atoms with Gasteiger partial charge in [-0.2, -0.15) is 5.10 Å². The van der Waals surface area contributed by atoms with Gasteiger partial charge in [0.15, 0.2) is 0 Å². The van der Waals surface area contributed by atoms with Crippen LogP contribution < -0.4 is 21.3 Å². The first-order valence-corrected chi connectivity index (χ1v) is 7.63. The highest BCUT2D eigenvalue weighted by Gasteiger charge is 2.12. The molecular weight excluding hydrogens is 278 g/mol. The van der Waals surface area contributed by atoms with Crippen molar-refractivity contribution in [1.29, 1.82) is 0 Å². The predicted octanol–water partition coefficient (Wildman–Crippen LogP) is -1.55. The van der Waals surface area contributed by atoms with E-state index < -0.39 is 10.0 Å². The van der Waals surface area contributed by atoms with Crippen molar-refractivity contribution in [3.05, 3.63) is 29.8 Å². The van der Waals surface area contributed by atoms with E-state index in [2.05, 4.69) is 14.9 Å². The summed E-state index contributed by atoms with van der Waals surface area (Å²) >= 11 is 0. The summed E-state index contributed by atoms with van der Waals surface area (Å²) in [7, 11) is -3.44. The van der Waals surface area contributed by atoms with Crippen LogP contribution in [0.5, 0.6) is 0 Å². The van der Waals surface area contributed by atoms with E-state index in [-0.39, 0.29) is 10.9 Å². The number of hydrazone groups is 1. The second kappa shape index (κ2) is 7.01.